The van der Waals surface area contributed by atoms with Crippen molar-refractivity contribution in [1.29, 1.82) is 0 Å². The molecule has 0 radical (unpaired) electrons. The quantitative estimate of drug-likeness (QED) is 0.546. The fourth-order valence-corrected chi connectivity index (χ4v) is 1.41. The van der Waals surface area contributed by atoms with Crippen molar-refractivity contribution in [2.24, 2.45) is 5.41 Å². The SMILES string of the molecule is CC1=CCC(C)(C(=O)OF)C1. The lowest BCUT2D eigenvalue weighted by Crippen LogP contribution is -2.25. The van der Waals surface area contributed by atoms with Crippen molar-refractivity contribution in [3.05, 3.63) is 11.6 Å². The van der Waals surface area contributed by atoms with E-state index in [-0.39, 0.29) is 0 Å². The molecule has 0 saturated heterocycles. The monoisotopic (exact) mass is 158 g/mol. The Bertz CT molecular complexity index is 210. The van der Waals surface area contributed by atoms with Gasteiger partial charge in [-0.25, -0.2) is 4.79 Å². The van der Waals surface area contributed by atoms with E-state index >= 15 is 0 Å². The number of hydrogen-bond acceptors (Lipinski definition) is 2. The number of carbonyl (C=O) groups is 1. The minimum atomic E-state index is -0.759. The minimum absolute atomic E-state index is 0.585. The van der Waals surface area contributed by atoms with Gasteiger partial charge in [-0.3, -0.25) is 4.94 Å². The van der Waals surface area contributed by atoms with Crippen LogP contribution >= 0.6 is 0 Å². The Morgan fingerprint density at radius 1 is 1.82 bits per heavy atom. The van der Waals surface area contributed by atoms with Crippen molar-refractivity contribution >= 4 is 5.97 Å². The largest absolute Gasteiger partial charge is 0.355 e. The lowest BCUT2D eigenvalue weighted by atomic mass is 9.87. The third-order valence-electron chi connectivity index (χ3n) is 2.13. The van der Waals surface area contributed by atoms with E-state index in [0.29, 0.717) is 12.8 Å². The van der Waals surface area contributed by atoms with E-state index in [2.05, 4.69) is 4.94 Å². The minimum Gasteiger partial charge on any atom is -0.254 e. The van der Waals surface area contributed by atoms with Gasteiger partial charge in [-0.1, -0.05) is 11.6 Å². The molecule has 0 aromatic heterocycles. The summed E-state index contributed by atoms with van der Waals surface area (Å²) in [5.41, 5.74) is 0.469. The molecule has 11 heavy (non-hydrogen) atoms. The van der Waals surface area contributed by atoms with Crippen molar-refractivity contribution < 1.29 is 14.3 Å². The maximum absolute atomic E-state index is 11.5. The molecular formula is C8H11FO2. The second-order valence-corrected chi connectivity index (χ2v) is 3.36. The maximum Gasteiger partial charge on any atom is 0.355 e. The third-order valence-corrected chi connectivity index (χ3v) is 2.13. The number of carbonyl (C=O) groups excluding carboxylic acids is 1. The first-order chi connectivity index (χ1) is 5.08. The van der Waals surface area contributed by atoms with Crippen LogP contribution in [-0.4, -0.2) is 5.97 Å². The van der Waals surface area contributed by atoms with Gasteiger partial charge in [-0.15, -0.1) is 0 Å². The molecule has 3 heteroatoms. The van der Waals surface area contributed by atoms with Crippen molar-refractivity contribution in [1.82, 2.24) is 0 Å². The van der Waals surface area contributed by atoms with Crippen LogP contribution < -0.4 is 0 Å². The van der Waals surface area contributed by atoms with Crippen molar-refractivity contribution in [3.63, 3.8) is 0 Å². The summed E-state index contributed by atoms with van der Waals surface area (Å²) in [6, 6.07) is 0. The van der Waals surface area contributed by atoms with E-state index in [4.69, 9.17) is 0 Å². The molecule has 0 aromatic carbocycles. The summed E-state index contributed by atoms with van der Waals surface area (Å²) >= 11 is 0. The van der Waals surface area contributed by atoms with E-state index in [1.807, 2.05) is 13.0 Å². The third kappa shape index (κ3) is 1.42. The molecule has 1 aliphatic carbocycles. The molecule has 0 spiro atoms. The van der Waals surface area contributed by atoms with E-state index in [0.717, 1.165) is 5.57 Å². The highest BCUT2D eigenvalue weighted by Gasteiger charge is 2.38. The molecule has 0 saturated carbocycles. The van der Waals surface area contributed by atoms with Crippen LogP contribution in [0.3, 0.4) is 0 Å². The van der Waals surface area contributed by atoms with E-state index in [1.165, 1.54) is 0 Å². The molecule has 1 aliphatic rings. The summed E-state index contributed by atoms with van der Waals surface area (Å²) in [6.07, 6.45) is 3.13. The van der Waals surface area contributed by atoms with Gasteiger partial charge in [-0.2, -0.15) is 0 Å². The van der Waals surface area contributed by atoms with E-state index in [9.17, 15) is 9.32 Å². The fraction of sp³-hybridized carbons (Fsp3) is 0.625. The molecule has 1 atom stereocenters. The van der Waals surface area contributed by atoms with Gasteiger partial charge >= 0.3 is 5.97 Å². The van der Waals surface area contributed by atoms with Gasteiger partial charge in [-0.05, 0) is 26.7 Å². The molecule has 0 fully saturated rings. The zero-order valence-corrected chi connectivity index (χ0v) is 6.69. The van der Waals surface area contributed by atoms with Gasteiger partial charge < -0.3 is 0 Å². The first-order valence-electron chi connectivity index (χ1n) is 3.57. The van der Waals surface area contributed by atoms with Crippen LogP contribution in [0.2, 0.25) is 0 Å². The standard InChI is InChI=1S/C8H11FO2/c1-6-3-4-8(2,5-6)7(10)11-9/h3H,4-5H2,1-2H3. The number of hydrogen-bond donors (Lipinski definition) is 0. The zero-order chi connectivity index (χ0) is 8.48. The van der Waals surface area contributed by atoms with Gasteiger partial charge in [0.1, 0.15) is 0 Å². The highest BCUT2D eigenvalue weighted by molar-refractivity contribution is 5.77. The summed E-state index contributed by atoms with van der Waals surface area (Å²) in [5, 5.41) is 0. The molecule has 1 rings (SSSR count). The second-order valence-electron chi connectivity index (χ2n) is 3.36. The topological polar surface area (TPSA) is 26.3 Å². The number of rotatable bonds is 1. The summed E-state index contributed by atoms with van der Waals surface area (Å²) in [6.45, 7) is 3.64. The van der Waals surface area contributed by atoms with E-state index in [1.54, 1.807) is 6.92 Å². The van der Waals surface area contributed by atoms with Gasteiger partial charge in [0.2, 0.25) is 0 Å². The van der Waals surface area contributed by atoms with Crippen LogP contribution in [0, 0.1) is 5.41 Å². The Hall–Kier alpha value is -0.860. The molecule has 0 heterocycles. The molecule has 1 unspecified atom stereocenters. The Labute approximate surface area is 64.9 Å². The number of halogens is 1. The lowest BCUT2D eigenvalue weighted by Gasteiger charge is -2.17. The average Bonchev–Trinajstić information content (AvgIpc) is 2.31. The summed E-state index contributed by atoms with van der Waals surface area (Å²) in [7, 11) is 0. The Morgan fingerprint density at radius 2 is 2.45 bits per heavy atom. The summed E-state index contributed by atoms with van der Waals surface area (Å²) in [5.74, 6) is -0.759. The van der Waals surface area contributed by atoms with E-state index < -0.39 is 11.4 Å². The maximum atomic E-state index is 11.5. The van der Waals surface area contributed by atoms with Crippen molar-refractivity contribution in [3.8, 4) is 0 Å². The first kappa shape index (κ1) is 8.24. The molecule has 0 aliphatic heterocycles. The molecule has 0 bridgehead atoms. The van der Waals surface area contributed by atoms with Crippen molar-refractivity contribution in [2.45, 2.75) is 26.7 Å². The van der Waals surface area contributed by atoms with Crippen LogP contribution in [0.15, 0.2) is 11.6 Å². The lowest BCUT2D eigenvalue weighted by molar-refractivity contribution is -0.195. The second kappa shape index (κ2) is 2.64. The normalized spacial score (nSPS) is 29.9. The predicted octanol–water partition coefficient (Wildman–Crippen LogP) is 2.16. The van der Waals surface area contributed by atoms with Gasteiger partial charge in [0.05, 0.1) is 5.41 Å². The Balaban J connectivity index is 2.66. The molecule has 0 aromatic rings. The first-order valence-corrected chi connectivity index (χ1v) is 3.57. The Kier molecular flexibility index (Phi) is 1.98. The van der Waals surface area contributed by atoms with Crippen LogP contribution in [-0.2, 0) is 9.74 Å². The fourth-order valence-electron chi connectivity index (χ4n) is 1.41. The summed E-state index contributed by atoms with van der Waals surface area (Å²) in [4.78, 5) is 14.1. The van der Waals surface area contributed by atoms with Gasteiger partial charge in [0.25, 0.3) is 0 Å². The zero-order valence-electron chi connectivity index (χ0n) is 6.69. The Morgan fingerprint density at radius 3 is 2.82 bits per heavy atom. The number of allylic oxidation sites excluding steroid dienone is 2. The smallest absolute Gasteiger partial charge is 0.254 e. The molecule has 0 N–H and O–H groups in total. The molecule has 62 valence electrons. The van der Waals surface area contributed by atoms with Crippen LogP contribution in [0.4, 0.5) is 4.53 Å². The molecular weight excluding hydrogens is 147 g/mol. The van der Waals surface area contributed by atoms with Gasteiger partial charge in [0, 0.05) is 4.53 Å². The highest BCUT2D eigenvalue weighted by atomic mass is 19.3. The van der Waals surface area contributed by atoms with Gasteiger partial charge in [0.15, 0.2) is 0 Å². The highest BCUT2D eigenvalue weighted by Crippen LogP contribution is 2.37. The summed E-state index contributed by atoms with van der Waals surface area (Å²) < 4.78 is 11.5. The van der Waals surface area contributed by atoms with Crippen LogP contribution in [0.5, 0.6) is 0 Å². The average molecular weight is 158 g/mol. The molecule has 0 amide bonds. The predicted molar refractivity (Wildman–Crippen MR) is 38.3 cm³/mol. The van der Waals surface area contributed by atoms with Crippen LogP contribution in [0.1, 0.15) is 26.7 Å². The van der Waals surface area contributed by atoms with Crippen molar-refractivity contribution in [2.75, 3.05) is 0 Å². The molecule has 2 nitrogen and oxygen atoms in total. The van der Waals surface area contributed by atoms with Crippen LogP contribution in [0.25, 0.3) is 0 Å².